The molecule has 3 nitrogen and oxygen atoms in total. The Bertz CT molecular complexity index is 353. The van der Waals surface area contributed by atoms with Crippen LogP contribution in [-0.4, -0.2) is 25.0 Å². The molecule has 0 heterocycles. The third-order valence-electron chi connectivity index (χ3n) is 2.14. The average molecular weight is 308 g/mol. The number of benzene rings is 1. The van der Waals surface area contributed by atoms with E-state index in [1.807, 2.05) is 12.1 Å². The minimum atomic E-state index is -0.538. The fourth-order valence-electron chi connectivity index (χ4n) is 1.31. The van der Waals surface area contributed by atoms with Crippen LogP contribution in [0.3, 0.4) is 0 Å². The van der Waals surface area contributed by atoms with E-state index in [1.54, 1.807) is 12.1 Å². The molecule has 0 aliphatic carbocycles. The predicted octanol–water partition coefficient (Wildman–Crippen LogP) is 2.96. The zero-order valence-corrected chi connectivity index (χ0v) is 11.3. The van der Waals surface area contributed by atoms with Crippen molar-refractivity contribution in [3.63, 3.8) is 0 Å². The van der Waals surface area contributed by atoms with Gasteiger partial charge in [-0.3, -0.25) is 4.79 Å². The summed E-state index contributed by atoms with van der Waals surface area (Å²) in [5.41, 5.74) is 0.860. The van der Waals surface area contributed by atoms with Crippen LogP contribution in [0.1, 0.15) is 11.7 Å². The third kappa shape index (κ3) is 3.20. The Morgan fingerprint density at radius 3 is 2.31 bits per heavy atom. The molecule has 1 aromatic carbocycles. The van der Waals surface area contributed by atoms with Gasteiger partial charge in [-0.05, 0) is 17.7 Å². The molecule has 16 heavy (non-hydrogen) atoms. The SMILES string of the molecule is COC(=O)[C@H](Br)[C@H](OC)c1ccc(Cl)cc1. The molecule has 0 bridgehead atoms. The van der Waals surface area contributed by atoms with Gasteiger partial charge < -0.3 is 9.47 Å². The minimum absolute atomic E-state index is 0.373. The van der Waals surface area contributed by atoms with Crippen molar-refractivity contribution in [2.24, 2.45) is 0 Å². The molecule has 88 valence electrons. The fourth-order valence-corrected chi connectivity index (χ4v) is 2.15. The lowest BCUT2D eigenvalue weighted by atomic mass is 10.1. The zero-order valence-electron chi connectivity index (χ0n) is 8.94. The maximum atomic E-state index is 11.4. The van der Waals surface area contributed by atoms with E-state index in [2.05, 4.69) is 20.7 Å². The van der Waals surface area contributed by atoms with Crippen LogP contribution in [0.5, 0.6) is 0 Å². The Labute approximate surface area is 108 Å². The maximum Gasteiger partial charge on any atom is 0.322 e. The van der Waals surface area contributed by atoms with Crippen LogP contribution >= 0.6 is 27.5 Å². The molecule has 0 N–H and O–H groups in total. The van der Waals surface area contributed by atoms with Gasteiger partial charge in [0.1, 0.15) is 10.9 Å². The molecule has 1 rings (SSSR count). The quantitative estimate of drug-likeness (QED) is 0.634. The van der Waals surface area contributed by atoms with Gasteiger partial charge in [0.25, 0.3) is 0 Å². The summed E-state index contributed by atoms with van der Waals surface area (Å²) in [5.74, 6) is -0.373. The van der Waals surface area contributed by atoms with Crippen molar-refractivity contribution in [1.82, 2.24) is 0 Å². The highest BCUT2D eigenvalue weighted by Crippen LogP contribution is 2.27. The molecular formula is C11H12BrClO3. The molecule has 0 radical (unpaired) electrons. The molecule has 0 saturated heterocycles. The first-order chi connectivity index (χ1) is 7.60. The van der Waals surface area contributed by atoms with Crippen LogP contribution in [-0.2, 0) is 14.3 Å². The highest BCUT2D eigenvalue weighted by molar-refractivity contribution is 9.10. The van der Waals surface area contributed by atoms with Gasteiger partial charge in [-0.2, -0.15) is 0 Å². The summed E-state index contributed by atoms with van der Waals surface area (Å²) in [6, 6.07) is 7.13. The second kappa shape index (κ2) is 6.23. The first-order valence-electron chi connectivity index (χ1n) is 4.60. The van der Waals surface area contributed by atoms with Crippen LogP contribution in [0.2, 0.25) is 5.02 Å². The maximum absolute atomic E-state index is 11.4. The number of carbonyl (C=O) groups is 1. The average Bonchev–Trinajstić information content (AvgIpc) is 2.31. The summed E-state index contributed by atoms with van der Waals surface area (Å²) >= 11 is 9.04. The molecule has 0 amide bonds. The fraction of sp³-hybridized carbons (Fsp3) is 0.364. The van der Waals surface area contributed by atoms with Gasteiger partial charge in [-0.1, -0.05) is 39.7 Å². The van der Waals surface area contributed by atoms with Crippen molar-refractivity contribution < 1.29 is 14.3 Å². The number of rotatable bonds is 4. The van der Waals surface area contributed by atoms with E-state index >= 15 is 0 Å². The van der Waals surface area contributed by atoms with Gasteiger partial charge in [0.2, 0.25) is 0 Å². The summed E-state index contributed by atoms with van der Waals surface area (Å²) in [4.78, 5) is 10.8. The normalized spacial score (nSPS) is 14.2. The Morgan fingerprint density at radius 1 is 1.31 bits per heavy atom. The summed E-state index contributed by atoms with van der Waals surface area (Å²) in [7, 11) is 2.88. The molecular weight excluding hydrogens is 295 g/mol. The first kappa shape index (κ1) is 13.5. The lowest BCUT2D eigenvalue weighted by molar-refractivity contribution is -0.142. The number of carbonyl (C=O) groups excluding carboxylic acids is 1. The molecule has 0 spiro atoms. The predicted molar refractivity (Wildman–Crippen MR) is 65.9 cm³/mol. The molecule has 0 aromatic heterocycles. The smallest absolute Gasteiger partial charge is 0.322 e. The molecule has 0 saturated carbocycles. The number of alkyl halides is 1. The second-order valence-electron chi connectivity index (χ2n) is 3.13. The van der Waals surface area contributed by atoms with Gasteiger partial charge >= 0.3 is 5.97 Å². The summed E-state index contributed by atoms with van der Waals surface area (Å²) in [6.07, 6.45) is -0.398. The van der Waals surface area contributed by atoms with Crippen LogP contribution in [0, 0.1) is 0 Å². The third-order valence-corrected chi connectivity index (χ3v) is 3.25. The van der Waals surface area contributed by atoms with Gasteiger partial charge in [0.15, 0.2) is 0 Å². The van der Waals surface area contributed by atoms with Crippen LogP contribution < -0.4 is 0 Å². The Balaban J connectivity index is 2.89. The summed E-state index contributed by atoms with van der Waals surface area (Å²) in [5, 5.41) is 0.641. The number of methoxy groups -OCH3 is 2. The van der Waals surface area contributed by atoms with Gasteiger partial charge in [-0.15, -0.1) is 0 Å². The van der Waals surface area contributed by atoms with Gasteiger partial charge in [0, 0.05) is 12.1 Å². The molecule has 1 aromatic rings. The minimum Gasteiger partial charge on any atom is -0.468 e. The standard InChI is InChI=1S/C11H12BrClO3/c1-15-10(9(12)11(14)16-2)7-3-5-8(13)6-4-7/h3-6,9-10H,1-2H3/t9-,10-/m1/s1. The number of hydrogen-bond donors (Lipinski definition) is 0. The van der Waals surface area contributed by atoms with E-state index in [0.717, 1.165) is 5.56 Å². The van der Waals surface area contributed by atoms with E-state index in [9.17, 15) is 4.79 Å². The van der Waals surface area contributed by atoms with E-state index in [4.69, 9.17) is 16.3 Å². The van der Waals surface area contributed by atoms with Crippen molar-refractivity contribution >= 4 is 33.5 Å². The lowest BCUT2D eigenvalue weighted by Gasteiger charge is -2.19. The monoisotopic (exact) mass is 306 g/mol. The molecule has 2 atom stereocenters. The first-order valence-corrected chi connectivity index (χ1v) is 5.89. The van der Waals surface area contributed by atoms with Crippen molar-refractivity contribution in [3.8, 4) is 0 Å². The van der Waals surface area contributed by atoms with Gasteiger partial charge in [0.05, 0.1) is 7.11 Å². The Hall–Kier alpha value is -0.580. The molecule has 0 aliphatic rings. The van der Waals surface area contributed by atoms with E-state index < -0.39 is 10.9 Å². The number of ether oxygens (including phenoxy) is 2. The molecule has 0 fully saturated rings. The van der Waals surface area contributed by atoms with E-state index in [0.29, 0.717) is 5.02 Å². The summed E-state index contributed by atoms with van der Waals surface area (Å²) in [6.45, 7) is 0. The molecule has 0 unspecified atom stereocenters. The van der Waals surface area contributed by atoms with Crippen LogP contribution in [0.15, 0.2) is 24.3 Å². The van der Waals surface area contributed by atoms with Gasteiger partial charge in [-0.25, -0.2) is 0 Å². The molecule has 0 aliphatic heterocycles. The van der Waals surface area contributed by atoms with E-state index in [1.165, 1.54) is 14.2 Å². The summed E-state index contributed by atoms with van der Waals surface area (Å²) < 4.78 is 9.92. The van der Waals surface area contributed by atoms with Crippen LogP contribution in [0.4, 0.5) is 0 Å². The largest absolute Gasteiger partial charge is 0.468 e. The Morgan fingerprint density at radius 2 is 1.88 bits per heavy atom. The number of esters is 1. The molecule has 5 heteroatoms. The number of halogens is 2. The lowest BCUT2D eigenvalue weighted by Crippen LogP contribution is -2.24. The van der Waals surface area contributed by atoms with Crippen LogP contribution in [0.25, 0.3) is 0 Å². The zero-order chi connectivity index (χ0) is 12.1. The Kier molecular flexibility index (Phi) is 5.25. The topological polar surface area (TPSA) is 35.5 Å². The number of hydrogen-bond acceptors (Lipinski definition) is 3. The van der Waals surface area contributed by atoms with Crippen molar-refractivity contribution in [1.29, 1.82) is 0 Å². The second-order valence-corrected chi connectivity index (χ2v) is 4.56. The van der Waals surface area contributed by atoms with Crippen molar-refractivity contribution in [3.05, 3.63) is 34.9 Å². The highest BCUT2D eigenvalue weighted by Gasteiger charge is 2.27. The van der Waals surface area contributed by atoms with E-state index in [-0.39, 0.29) is 5.97 Å². The van der Waals surface area contributed by atoms with Crippen molar-refractivity contribution in [2.45, 2.75) is 10.9 Å². The van der Waals surface area contributed by atoms with Crippen molar-refractivity contribution in [2.75, 3.05) is 14.2 Å². The highest BCUT2D eigenvalue weighted by atomic mass is 79.9.